The van der Waals surface area contributed by atoms with Crippen LogP contribution in [0.1, 0.15) is 80.1 Å². The Hall–Kier alpha value is -1.84. The molecule has 3 nitrogen and oxygen atoms in total. The van der Waals surface area contributed by atoms with Crippen molar-refractivity contribution in [1.82, 2.24) is 4.90 Å². The second-order valence-corrected chi connectivity index (χ2v) is 8.48. The first kappa shape index (κ1) is 25.4. The molecule has 1 unspecified atom stereocenters. The fourth-order valence-electron chi connectivity index (χ4n) is 4.24. The molecule has 2 aromatic carbocycles. The number of hydrogen-bond donors (Lipinski definition) is 0. The smallest absolute Gasteiger partial charge is 0.171 e. The first-order valence-corrected chi connectivity index (χ1v) is 11.8. The van der Waals surface area contributed by atoms with Gasteiger partial charge in [0.05, 0.1) is 12.5 Å². The third-order valence-electron chi connectivity index (χ3n) is 6.06. The fourth-order valence-corrected chi connectivity index (χ4v) is 4.24. The van der Waals surface area contributed by atoms with Gasteiger partial charge in [0.2, 0.25) is 0 Å². The Morgan fingerprint density at radius 2 is 1.58 bits per heavy atom. The van der Waals surface area contributed by atoms with Gasteiger partial charge in [0.1, 0.15) is 5.75 Å². The lowest BCUT2D eigenvalue weighted by Gasteiger charge is -2.30. The molecular formula is C27H38ClNO2. The molecule has 1 aliphatic rings. The molecule has 4 heteroatoms. The molecule has 0 amide bonds. The maximum Gasteiger partial charge on any atom is 0.171 e. The molecule has 1 saturated heterocycles. The molecule has 2 aromatic rings. The van der Waals surface area contributed by atoms with Crippen LogP contribution in [0.25, 0.3) is 0 Å². The second kappa shape index (κ2) is 14.3. The van der Waals surface area contributed by atoms with Gasteiger partial charge in [-0.05, 0) is 62.2 Å². The summed E-state index contributed by atoms with van der Waals surface area (Å²) in [6.45, 7) is 5.98. The van der Waals surface area contributed by atoms with Gasteiger partial charge >= 0.3 is 0 Å². The number of Topliss-reactive ketones (excluding diaryl/α,β-unsaturated/α-hetero) is 1. The first-order valence-electron chi connectivity index (χ1n) is 11.8. The van der Waals surface area contributed by atoms with Crippen LogP contribution in [0.5, 0.6) is 5.75 Å². The Kier molecular flexibility index (Phi) is 11.7. The van der Waals surface area contributed by atoms with Crippen LogP contribution in [0, 0.1) is 0 Å². The van der Waals surface area contributed by atoms with Gasteiger partial charge in [0.15, 0.2) is 5.78 Å². The summed E-state index contributed by atoms with van der Waals surface area (Å²) in [5.74, 6) is 0.946. The first-order chi connectivity index (χ1) is 14.8. The Morgan fingerprint density at radius 1 is 0.903 bits per heavy atom. The highest BCUT2D eigenvalue weighted by atomic mass is 35.5. The van der Waals surface area contributed by atoms with Crippen molar-refractivity contribution in [2.24, 2.45) is 0 Å². The third-order valence-corrected chi connectivity index (χ3v) is 6.06. The van der Waals surface area contributed by atoms with E-state index in [1.807, 2.05) is 42.5 Å². The predicted octanol–water partition coefficient (Wildman–Crippen LogP) is 6.91. The van der Waals surface area contributed by atoms with Crippen molar-refractivity contribution >= 4 is 18.2 Å². The van der Waals surface area contributed by atoms with Crippen LogP contribution in [0.15, 0.2) is 54.6 Å². The topological polar surface area (TPSA) is 29.5 Å². The molecule has 0 aromatic heterocycles. The molecule has 1 fully saturated rings. The number of benzene rings is 2. The van der Waals surface area contributed by atoms with Crippen LogP contribution in [-0.4, -0.2) is 36.9 Å². The molecule has 0 radical (unpaired) electrons. The zero-order chi connectivity index (χ0) is 21.0. The van der Waals surface area contributed by atoms with E-state index >= 15 is 0 Å². The zero-order valence-corrected chi connectivity index (χ0v) is 19.7. The summed E-state index contributed by atoms with van der Waals surface area (Å²) >= 11 is 0. The number of piperidine rings is 1. The van der Waals surface area contributed by atoms with E-state index in [9.17, 15) is 4.79 Å². The van der Waals surface area contributed by atoms with Gasteiger partial charge in [0, 0.05) is 12.1 Å². The van der Waals surface area contributed by atoms with Crippen molar-refractivity contribution < 1.29 is 9.53 Å². The number of nitrogens with zero attached hydrogens (tertiary/aromatic N) is 1. The normalized spacial score (nSPS) is 15.1. The highest BCUT2D eigenvalue weighted by molar-refractivity contribution is 6.01. The highest BCUT2D eigenvalue weighted by Crippen LogP contribution is 2.25. The highest BCUT2D eigenvalue weighted by Gasteiger charge is 2.25. The van der Waals surface area contributed by atoms with E-state index in [-0.39, 0.29) is 24.1 Å². The van der Waals surface area contributed by atoms with Crippen LogP contribution >= 0.6 is 12.4 Å². The molecule has 0 spiro atoms. The molecule has 0 bridgehead atoms. The Bertz CT molecular complexity index is 742. The van der Waals surface area contributed by atoms with E-state index in [4.69, 9.17) is 4.74 Å². The minimum absolute atomic E-state index is 0. The lowest BCUT2D eigenvalue weighted by atomic mass is 9.89. The Balaban J connectivity index is 0.00000341. The van der Waals surface area contributed by atoms with Crippen molar-refractivity contribution in [2.45, 2.75) is 64.2 Å². The molecule has 1 aliphatic heterocycles. The van der Waals surface area contributed by atoms with E-state index in [2.05, 4.69) is 24.0 Å². The van der Waals surface area contributed by atoms with E-state index in [0.717, 1.165) is 49.5 Å². The van der Waals surface area contributed by atoms with Gasteiger partial charge in [0.25, 0.3) is 0 Å². The SMILES string of the molecule is CCCCCCCOc1ccc(C(=O)C(CN2CCCCC2)c2ccccc2)cc1.Cl. The summed E-state index contributed by atoms with van der Waals surface area (Å²) in [4.78, 5) is 15.9. The standard InChI is InChI=1S/C27H37NO2.ClH/c1-2-3-4-5-12-21-30-25-17-15-24(16-18-25)27(29)26(23-13-8-6-9-14-23)22-28-19-10-7-11-20-28;/h6,8-9,13-18,26H,2-5,7,10-12,19-22H2,1H3;1H. The summed E-state index contributed by atoms with van der Waals surface area (Å²) < 4.78 is 5.87. The molecule has 0 aliphatic carbocycles. The minimum atomic E-state index is -0.116. The van der Waals surface area contributed by atoms with Gasteiger partial charge in [-0.3, -0.25) is 4.79 Å². The van der Waals surface area contributed by atoms with Crippen LogP contribution in [0.3, 0.4) is 0 Å². The molecule has 0 N–H and O–H groups in total. The fraction of sp³-hybridized carbons (Fsp3) is 0.519. The van der Waals surface area contributed by atoms with Gasteiger partial charge in [-0.2, -0.15) is 0 Å². The van der Waals surface area contributed by atoms with E-state index in [1.165, 1.54) is 44.9 Å². The van der Waals surface area contributed by atoms with Crippen LogP contribution in [0.2, 0.25) is 0 Å². The molecule has 31 heavy (non-hydrogen) atoms. The van der Waals surface area contributed by atoms with Crippen molar-refractivity contribution in [3.63, 3.8) is 0 Å². The average Bonchev–Trinajstić information content (AvgIpc) is 2.81. The number of unbranched alkanes of at least 4 members (excludes halogenated alkanes) is 4. The number of halogens is 1. The Morgan fingerprint density at radius 3 is 2.26 bits per heavy atom. The van der Waals surface area contributed by atoms with Crippen molar-refractivity contribution in [2.75, 3.05) is 26.2 Å². The van der Waals surface area contributed by atoms with Crippen molar-refractivity contribution in [3.05, 3.63) is 65.7 Å². The summed E-state index contributed by atoms with van der Waals surface area (Å²) in [7, 11) is 0. The predicted molar refractivity (Wildman–Crippen MR) is 132 cm³/mol. The maximum absolute atomic E-state index is 13.4. The average molecular weight is 444 g/mol. The van der Waals surface area contributed by atoms with Crippen LogP contribution in [-0.2, 0) is 0 Å². The molecular weight excluding hydrogens is 406 g/mol. The van der Waals surface area contributed by atoms with Gasteiger partial charge in [-0.15, -0.1) is 12.4 Å². The van der Waals surface area contributed by atoms with Gasteiger partial charge < -0.3 is 9.64 Å². The molecule has 1 heterocycles. The van der Waals surface area contributed by atoms with Gasteiger partial charge in [-0.25, -0.2) is 0 Å². The number of rotatable bonds is 12. The third kappa shape index (κ3) is 8.31. The van der Waals surface area contributed by atoms with Crippen LogP contribution < -0.4 is 4.74 Å². The minimum Gasteiger partial charge on any atom is -0.494 e. The Labute approximate surface area is 194 Å². The van der Waals surface area contributed by atoms with Crippen LogP contribution in [0.4, 0.5) is 0 Å². The monoisotopic (exact) mass is 443 g/mol. The van der Waals surface area contributed by atoms with E-state index in [1.54, 1.807) is 0 Å². The molecule has 0 saturated carbocycles. The number of ketones is 1. The van der Waals surface area contributed by atoms with Crippen molar-refractivity contribution in [3.8, 4) is 5.75 Å². The van der Waals surface area contributed by atoms with Crippen molar-refractivity contribution in [1.29, 1.82) is 0 Å². The number of carbonyl (C=O) groups excluding carboxylic acids is 1. The van der Waals surface area contributed by atoms with E-state index in [0.29, 0.717) is 0 Å². The lowest BCUT2D eigenvalue weighted by Crippen LogP contribution is -2.35. The quantitative estimate of drug-likeness (QED) is 0.263. The molecule has 1 atom stereocenters. The maximum atomic E-state index is 13.4. The largest absolute Gasteiger partial charge is 0.494 e. The summed E-state index contributed by atoms with van der Waals surface area (Å²) in [6.07, 6.45) is 9.94. The molecule has 170 valence electrons. The van der Waals surface area contributed by atoms with E-state index < -0.39 is 0 Å². The summed E-state index contributed by atoms with van der Waals surface area (Å²) in [6, 6.07) is 18.0. The number of likely N-dealkylation sites (tertiary alicyclic amines) is 1. The lowest BCUT2D eigenvalue weighted by molar-refractivity contribution is 0.0925. The number of hydrogen-bond acceptors (Lipinski definition) is 3. The second-order valence-electron chi connectivity index (χ2n) is 8.48. The van der Waals surface area contributed by atoms with Gasteiger partial charge in [-0.1, -0.05) is 69.4 Å². The zero-order valence-electron chi connectivity index (χ0n) is 18.9. The number of ether oxygens (including phenoxy) is 1. The molecule has 3 rings (SSSR count). The summed E-state index contributed by atoms with van der Waals surface area (Å²) in [5, 5.41) is 0. The number of carbonyl (C=O) groups is 1. The summed E-state index contributed by atoms with van der Waals surface area (Å²) in [5.41, 5.74) is 1.89.